The number of pyridine rings is 2. The van der Waals surface area contributed by atoms with Crippen molar-refractivity contribution in [2.24, 2.45) is 13.0 Å². The SMILES string of the molecule is CN1CCC(N2CCC(C(=O)Cc3cc4cc(-c5cn(C)nn5)cnc4cn3)CC2)CC1. The van der Waals surface area contributed by atoms with Crippen LogP contribution in [0.2, 0.25) is 0 Å². The number of rotatable bonds is 5. The van der Waals surface area contributed by atoms with Gasteiger partial charge in [-0.05, 0) is 71.0 Å². The van der Waals surface area contributed by atoms with Gasteiger partial charge in [0.15, 0.2) is 0 Å². The molecule has 5 heterocycles. The van der Waals surface area contributed by atoms with E-state index in [2.05, 4.69) is 37.1 Å². The molecular weight excluding hydrogens is 402 g/mol. The topological polar surface area (TPSA) is 80.0 Å². The van der Waals surface area contributed by atoms with E-state index in [1.54, 1.807) is 17.1 Å². The van der Waals surface area contributed by atoms with Crippen LogP contribution in [0.1, 0.15) is 31.4 Å². The molecule has 2 aliphatic rings. The third-order valence-corrected chi connectivity index (χ3v) is 7.07. The smallest absolute Gasteiger partial charge is 0.142 e. The number of Topliss-reactive ketones (excluding diaryl/α,β-unsaturated/α-hetero) is 1. The van der Waals surface area contributed by atoms with Crippen molar-refractivity contribution in [3.63, 3.8) is 0 Å². The molecule has 2 saturated heterocycles. The second-order valence-electron chi connectivity index (χ2n) is 9.36. The lowest BCUT2D eigenvalue weighted by Crippen LogP contribution is -2.47. The lowest BCUT2D eigenvalue weighted by molar-refractivity contribution is -0.124. The average molecular weight is 434 g/mol. The Morgan fingerprint density at radius 2 is 1.78 bits per heavy atom. The fourth-order valence-corrected chi connectivity index (χ4v) is 5.06. The summed E-state index contributed by atoms with van der Waals surface area (Å²) in [7, 11) is 4.05. The van der Waals surface area contributed by atoms with Gasteiger partial charge in [0.2, 0.25) is 0 Å². The fraction of sp³-hybridized carbons (Fsp3) is 0.542. The van der Waals surface area contributed by atoms with Gasteiger partial charge in [-0.15, -0.1) is 5.10 Å². The van der Waals surface area contributed by atoms with Crippen LogP contribution in [0.15, 0.2) is 30.7 Å². The zero-order chi connectivity index (χ0) is 22.1. The normalized spacial score (nSPS) is 19.6. The van der Waals surface area contributed by atoms with Crippen LogP contribution < -0.4 is 0 Å². The highest BCUT2D eigenvalue weighted by molar-refractivity contribution is 5.86. The highest BCUT2D eigenvalue weighted by atomic mass is 16.1. The third kappa shape index (κ3) is 4.56. The number of aromatic nitrogens is 5. The molecule has 32 heavy (non-hydrogen) atoms. The van der Waals surface area contributed by atoms with Gasteiger partial charge >= 0.3 is 0 Å². The van der Waals surface area contributed by atoms with Crippen molar-refractivity contribution in [1.82, 2.24) is 34.8 Å². The Kier molecular flexibility index (Phi) is 5.97. The zero-order valence-electron chi connectivity index (χ0n) is 18.9. The van der Waals surface area contributed by atoms with Crippen LogP contribution >= 0.6 is 0 Å². The standard InChI is InChI=1S/C24H31N7O/c1-29-7-5-21(6-8-29)31-9-3-17(4-10-31)24(32)13-20-12-18-11-19(14-26-22(18)15-25-20)23-16-30(2)28-27-23/h11-12,14-17,21H,3-10,13H2,1-2H3. The summed E-state index contributed by atoms with van der Waals surface area (Å²) in [5.74, 6) is 0.469. The van der Waals surface area contributed by atoms with Crippen LogP contribution in [0.25, 0.3) is 22.2 Å². The summed E-state index contributed by atoms with van der Waals surface area (Å²) in [5, 5.41) is 9.14. The summed E-state index contributed by atoms with van der Waals surface area (Å²) in [4.78, 5) is 27.1. The first kappa shape index (κ1) is 21.2. The number of fused-ring (bicyclic) bond motifs is 1. The molecule has 0 aromatic carbocycles. The fourth-order valence-electron chi connectivity index (χ4n) is 5.06. The van der Waals surface area contributed by atoms with E-state index in [-0.39, 0.29) is 5.92 Å². The van der Waals surface area contributed by atoms with E-state index in [1.807, 2.05) is 25.4 Å². The maximum absolute atomic E-state index is 13.0. The van der Waals surface area contributed by atoms with E-state index in [9.17, 15) is 4.79 Å². The molecule has 2 fully saturated rings. The molecule has 3 aromatic heterocycles. The molecule has 8 heteroatoms. The number of carbonyl (C=O) groups excluding carboxylic acids is 1. The van der Waals surface area contributed by atoms with Crippen molar-refractivity contribution in [1.29, 1.82) is 0 Å². The number of hydrogen-bond donors (Lipinski definition) is 0. The maximum Gasteiger partial charge on any atom is 0.142 e. The molecule has 0 radical (unpaired) electrons. The highest BCUT2D eigenvalue weighted by Gasteiger charge is 2.30. The molecule has 5 rings (SSSR count). The van der Waals surface area contributed by atoms with E-state index in [4.69, 9.17) is 0 Å². The summed E-state index contributed by atoms with van der Waals surface area (Å²) < 4.78 is 1.67. The summed E-state index contributed by atoms with van der Waals surface area (Å²) in [6, 6.07) is 4.73. The molecule has 0 N–H and O–H groups in total. The second-order valence-corrected chi connectivity index (χ2v) is 9.36. The number of nitrogens with zero attached hydrogens (tertiary/aromatic N) is 7. The largest absolute Gasteiger partial charge is 0.306 e. The molecule has 168 valence electrons. The predicted octanol–water partition coefficient (Wildman–Crippen LogP) is 2.34. The van der Waals surface area contributed by atoms with Crippen LogP contribution in [0, 0.1) is 5.92 Å². The van der Waals surface area contributed by atoms with Gasteiger partial charge in [-0.2, -0.15) is 0 Å². The Labute approximate surface area is 188 Å². The number of carbonyl (C=O) groups is 1. The van der Waals surface area contributed by atoms with E-state index >= 15 is 0 Å². The van der Waals surface area contributed by atoms with Gasteiger partial charge in [-0.3, -0.25) is 19.4 Å². The average Bonchev–Trinajstić information content (AvgIpc) is 3.25. The van der Waals surface area contributed by atoms with Crippen molar-refractivity contribution in [3.05, 3.63) is 36.4 Å². The zero-order valence-corrected chi connectivity index (χ0v) is 18.9. The van der Waals surface area contributed by atoms with Gasteiger partial charge < -0.3 is 9.80 Å². The first-order chi connectivity index (χ1) is 15.5. The first-order valence-electron chi connectivity index (χ1n) is 11.6. The molecule has 0 unspecified atom stereocenters. The number of ketones is 1. The Morgan fingerprint density at radius 1 is 1.00 bits per heavy atom. The Hall–Kier alpha value is -2.71. The van der Waals surface area contributed by atoms with Crippen LogP contribution in [-0.4, -0.2) is 79.8 Å². The quantitative estimate of drug-likeness (QED) is 0.611. The summed E-state index contributed by atoms with van der Waals surface area (Å²) in [6.07, 6.45) is 10.3. The summed E-state index contributed by atoms with van der Waals surface area (Å²) in [6.45, 7) is 4.46. The van der Waals surface area contributed by atoms with Crippen LogP contribution in [0.4, 0.5) is 0 Å². The molecule has 0 aliphatic carbocycles. The Morgan fingerprint density at radius 3 is 2.50 bits per heavy atom. The minimum atomic E-state index is 0.152. The predicted molar refractivity (Wildman–Crippen MR) is 123 cm³/mol. The molecule has 0 bridgehead atoms. The van der Waals surface area contributed by atoms with Crippen molar-refractivity contribution in [2.75, 3.05) is 33.2 Å². The first-order valence-corrected chi connectivity index (χ1v) is 11.6. The van der Waals surface area contributed by atoms with E-state index in [0.29, 0.717) is 18.2 Å². The van der Waals surface area contributed by atoms with Crippen molar-refractivity contribution in [2.45, 2.75) is 38.1 Å². The van der Waals surface area contributed by atoms with Crippen LogP contribution in [0.3, 0.4) is 0 Å². The minimum absolute atomic E-state index is 0.152. The molecule has 0 atom stereocenters. The number of likely N-dealkylation sites (tertiary alicyclic amines) is 2. The van der Waals surface area contributed by atoms with Crippen LogP contribution in [0.5, 0.6) is 0 Å². The number of piperidine rings is 2. The summed E-state index contributed by atoms with van der Waals surface area (Å²) in [5.41, 5.74) is 3.33. The molecule has 3 aromatic rings. The molecule has 8 nitrogen and oxygen atoms in total. The lowest BCUT2D eigenvalue weighted by atomic mass is 9.88. The van der Waals surface area contributed by atoms with Gasteiger partial charge in [0.1, 0.15) is 11.5 Å². The Bertz CT molecular complexity index is 1090. The highest BCUT2D eigenvalue weighted by Crippen LogP contribution is 2.26. The number of hydrogen-bond acceptors (Lipinski definition) is 7. The molecule has 0 spiro atoms. The molecular formula is C24H31N7O. The van der Waals surface area contributed by atoms with Gasteiger partial charge in [-0.1, -0.05) is 5.21 Å². The lowest BCUT2D eigenvalue weighted by Gasteiger charge is -2.40. The molecule has 0 amide bonds. The number of aryl methyl sites for hydroxylation is 1. The van der Waals surface area contributed by atoms with E-state index < -0.39 is 0 Å². The van der Waals surface area contributed by atoms with Crippen molar-refractivity contribution >= 4 is 16.7 Å². The van der Waals surface area contributed by atoms with E-state index in [1.165, 1.54) is 25.9 Å². The maximum atomic E-state index is 13.0. The van der Waals surface area contributed by atoms with Gasteiger partial charge in [-0.25, -0.2) is 0 Å². The van der Waals surface area contributed by atoms with E-state index in [0.717, 1.165) is 53.8 Å². The van der Waals surface area contributed by atoms with Gasteiger partial charge in [0.25, 0.3) is 0 Å². The van der Waals surface area contributed by atoms with Gasteiger partial charge in [0, 0.05) is 48.3 Å². The van der Waals surface area contributed by atoms with Crippen molar-refractivity contribution in [3.8, 4) is 11.3 Å². The van der Waals surface area contributed by atoms with Crippen molar-refractivity contribution < 1.29 is 4.79 Å². The molecule has 0 saturated carbocycles. The monoisotopic (exact) mass is 433 g/mol. The Balaban J connectivity index is 1.22. The second kappa shape index (κ2) is 9.03. The molecule has 2 aliphatic heterocycles. The summed E-state index contributed by atoms with van der Waals surface area (Å²) >= 11 is 0. The minimum Gasteiger partial charge on any atom is -0.306 e. The van der Waals surface area contributed by atoms with Gasteiger partial charge in [0.05, 0.1) is 17.9 Å². The third-order valence-electron chi connectivity index (χ3n) is 7.07. The van der Waals surface area contributed by atoms with Crippen LogP contribution in [-0.2, 0) is 18.3 Å².